The number of nitrogens with zero attached hydrogens (tertiary/aromatic N) is 2. The predicted octanol–water partition coefficient (Wildman–Crippen LogP) is 4.32. The molecule has 2 amide bonds. The molecular formula is C28H28N4O2S. The standard InChI is InChI=1S/C28H28N4O2S/c33-27(29-14-15-31-16-18-32(19-17-31)23-6-2-1-3-7-23)22-12-10-21(11-13-22)20-26-28(34)30-24-8-4-5-9-25(24)35-26/h1-13,20H,14-19H2,(H,29,33)(H,30,34). The Kier molecular flexibility index (Phi) is 7.16. The number of hydrogen-bond acceptors (Lipinski definition) is 5. The summed E-state index contributed by atoms with van der Waals surface area (Å²) in [5.74, 6) is -0.189. The first-order chi connectivity index (χ1) is 17.2. The van der Waals surface area contributed by atoms with E-state index in [2.05, 4.69) is 44.7 Å². The fourth-order valence-electron chi connectivity index (χ4n) is 4.28. The molecule has 2 aliphatic rings. The van der Waals surface area contributed by atoms with E-state index in [1.807, 2.05) is 48.5 Å². The third kappa shape index (κ3) is 5.75. The first-order valence-corrected chi connectivity index (χ1v) is 12.7. The van der Waals surface area contributed by atoms with Crippen molar-refractivity contribution in [1.29, 1.82) is 0 Å². The molecule has 2 aliphatic heterocycles. The van der Waals surface area contributed by atoms with Crippen LogP contribution in [-0.4, -0.2) is 56.0 Å². The Hall–Kier alpha value is -3.55. The van der Waals surface area contributed by atoms with Crippen LogP contribution in [0.25, 0.3) is 6.08 Å². The molecule has 3 aromatic carbocycles. The van der Waals surface area contributed by atoms with Crippen molar-refractivity contribution in [2.45, 2.75) is 4.90 Å². The summed E-state index contributed by atoms with van der Waals surface area (Å²) in [7, 11) is 0. The van der Waals surface area contributed by atoms with E-state index in [1.165, 1.54) is 17.4 Å². The minimum atomic E-state index is -0.111. The highest BCUT2D eigenvalue weighted by molar-refractivity contribution is 8.04. The molecule has 0 aromatic heterocycles. The number of carbonyl (C=O) groups is 2. The molecule has 5 rings (SSSR count). The summed E-state index contributed by atoms with van der Waals surface area (Å²) in [6.45, 7) is 5.43. The van der Waals surface area contributed by atoms with Gasteiger partial charge in [0.2, 0.25) is 0 Å². The van der Waals surface area contributed by atoms with E-state index in [0.717, 1.165) is 48.9 Å². The Balaban J connectivity index is 1.09. The average molecular weight is 485 g/mol. The Bertz CT molecular complexity index is 1220. The fraction of sp³-hybridized carbons (Fsp3) is 0.214. The number of rotatable bonds is 6. The summed E-state index contributed by atoms with van der Waals surface area (Å²) in [4.78, 5) is 31.4. The molecule has 0 unspecified atom stereocenters. The van der Waals surface area contributed by atoms with Gasteiger partial charge in [0, 0.05) is 55.4 Å². The maximum absolute atomic E-state index is 12.6. The Morgan fingerprint density at radius 3 is 2.40 bits per heavy atom. The molecule has 7 heteroatoms. The van der Waals surface area contributed by atoms with E-state index in [9.17, 15) is 9.59 Å². The molecule has 0 saturated carbocycles. The lowest BCUT2D eigenvalue weighted by molar-refractivity contribution is -0.112. The molecule has 0 spiro atoms. The highest BCUT2D eigenvalue weighted by Gasteiger charge is 2.20. The van der Waals surface area contributed by atoms with Gasteiger partial charge in [0.15, 0.2) is 0 Å². The van der Waals surface area contributed by atoms with Gasteiger partial charge in [-0.2, -0.15) is 0 Å². The van der Waals surface area contributed by atoms with Crippen LogP contribution in [0.2, 0.25) is 0 Å². The second kappa shape index (κ2) is 10.8. The maximum atomic E-state index is 12.6. The highest BCUT2D eigenvalue weighted by atomic mass is 32.2. The van der Waals surface area contributed by atoms with Gasteiger partial charge in [-0.3, -0.25) is 14.5 Å². The predicted molar refractivity (Wildman–Crippen MR) is 143 cm³/mol. The summed E-state index contributed by atoms with van der Waals surface area (Å²) < 4.78 is 0. The van der Waals surface area contributed by atoms with Crippen molar-refractivity contribution in [3.63, 3.8) is 0 Å². The molecule has 2 N–H and O–H groups in total. The fourth-order valence-corrected chi connectivity index (χ4v) is 5.23. The molecular weight excluding hydrogens is 456 g/mol. The van der Waals surface area contributed by atoms with Crippen LogP contribution in [0, 0.1) is 0 Å². The molecule has 6 nitrogen and oxygen atoms in total. The van der Waals surface area contributed by atoms with Crippen molar-refractivity contribution in [3.8, 4) is 0 Å². The van der Waals surface area contributed by atoms with Gasteiger partial charge >= 0.3 is 0 Å². The van der Waals surface area contributed by atoms with E-state index in [4.69, 9.17) is 0 Å². The number of benzene rings is 3. The zero-order valence-corrected chi connectivity index (χ0v) is 20.3. The summed E-state index contributed by atoms with van der Waals surface area (Å²) in [5, 5.41) is 5.95. The number of fused-ring (bicyclic) bond motifs is 1. The van der Waals surface area contributed by atoms with Crippen LogP contribution in [0.1, 0.15) is 15.9 Å². The van der Waals surface area contributed by atoms with E-state index < -0.39 is 0 Å². The number of piperazine rings is 1. The van der Waals surface area contributed by atoms with Gasteiger partial charge in [-0.15, -0.1) is 0 Å². The van der Waals surface area contributed by atoms with E-state index in [0.29, 0.717) is 17.0 Å². The summed E-state index contributed by atoms with van der Waals surface area (Å²) in [5.41, 5.74) is 3.61. The number of hydrogen-bond donors (Lipinski definition) is 2. The highest BCUT2D eigenvalue weighted by Crippen LogP contribution is 2.38. The largest absolute Gasteiger partial charge is 0.369 e. The maximum Gasteiger partial charge on any atom is 0.262 e. The summed E-state index contributed by atoms with van der Waals surface area (Å²) in [6.07, 6.45) is 1.85. The van der Waals surface area contributed by atoms with Crippen molar-refractivity contribution < 1.29 is 9.59 Å². The van der Waals surface area contributed by atoms with Crippen LogP contribution in [0.5, 0.6) is 0 Å². The molecule has 35 heavy (non-hydrogen) atoms. The van der Waals surface area contributed by atoms with Crippen molar-refractivity contribution in [3.05, 3.63) is 94.9 Å². The quantitative estimate of drug-likeness (QED) is 0.510. The summed E-state index contributed by atoms with van der Waals surface area (Å²) >= 11 is 1.46. The van der Waals surface area contributed by atoms with Gasteiger partial charge in [-0.25, -0.2) is 0 Å². The molecule has 2 heterocycles. The van der Waals surface area contributed by atoms with E-state index >= 15 is 0 Å². The Labute approximate surface area is 210 Å². The van der Waals surface area contributed by atoms with Crippen molar-refractivity contribution in [2.75, 3.05) is 49.5 Å². The lowest BCUT2D eigenvalue weighted by Crippen LogP contribution is -2.48. The second-order valence-electron chi connectivity index (χ2n) is 8.60. The first-order valence-electron chi connectivity index (χ1n) is 11.9. The molecule has 178 valence electrons. The van der Waals surface area contributed by atoms with E-state index in [-0.39, 0.29) is 11.8 Å². The summed E-state index contributed by atoms with van der Waals surface area (Å²) in [6, 6.07) is 25.6. The van der Waals surface area contributed by atoms with Crippen LogP contribution >= 0.6 is 11.8 Å². The minimum absolute atomic E-state index is 0.0779. The molecule has 0 aliphatic carbocycles. The van der Waals surface area contributed by atoms with Crippen molar-refractivity contribution in [2.24, 2.45) is 0 Å². The lowest BCUT2D eigenvalue weighted by atomic mass is 10.1. The number of carbonyl (C=O) groups excluding carboxylic acids is 2. The Morgan fingerprint density at radius 1 is 0.914 bits per heavy atom. The number of anilines is 2. The second-order valence-corrected chi connectivity index (χ2v) is 9.69. The molecule has 1 saturated heterocycles. The van der Waals surface area contributed by atoms with Crippen LogP contribution in [-0.2, 0) is 4.79 Å². The van der Waals surface area contributed by atoms with Crippen LogP contribution < -0.4 is 15.5 Å². The third-order valence-corrected chi connectivity index (χ3v) is 7.36. The lowest BCUT2D eigenvalue weighted by Gasteiger charge is -2.36. The number of nitrogens with one attached hydrogen (secondary N) is 2. The topological polar surface area (TPSA) is 64.7 Å². The molecule has 0 bridgehead atoms. The Morgan fingerprint density at radius 2 is 1.63 bits per heavy atom. The number of thioether (sulfide) groups is 1. The minimum Gasteiger partial charge on any atom is -0.369 e. The normalized spacial score (nSPS) is 17.1. The van der Waals surface area contributed by atoms with Crippen molar-refractivity contribution >= 4 is 41.0 Å². The monoisotopic (exact) mass is 484 g/mol. The van der Waals surface area contributed by atoms with Crippen LogP contribution in [0.3, 0.4) is 0 Å². The van der Waals surface area contributed by atoms with Gasteiger partial charge in [-0.05, 0) is 48.0 Å². The number of para-hydroxylation sites is 2. The number of amides is 2. The van der Waals surface area contributed by atoms with E-state index in [1.54, 1.807) is 12.1 Å². The molecule has 1 fully saturated rings. The smallest absolute Gasteiger partial charge is 0.262 e. The van der Waals surface area contributed by atoms with Gasteiger partial charge in [0.1, 0.15) is 0 Å². The van der Waals surface area contributed by atoms with Gasteiger partial charge < -0.3 is 15.5 Å². The molecule has 0 atom stereocenters. The average Bonchev–Trinajstić information content (AvgIpc) is 2.90. The van der Waals surface area contributed by atoms with Gasteiger partial charge in [0.05, 0.1) is 10.6 Å². The van der Waals surface area contributed by atoms with Crippen molar-refractivity contribution in [1.82, 2.24) is 10.2 Å². The zero-order chi connectivity index (χ0) is 24.0. The third-order valence-electron chi connectivity index (χ3n) is 6.26. The zero-order valence-electron chi connectivity index (χ0n) is 19.4. The van der Waals surface area contributed by atoms with Crippen LogP contribution in [0.4, 0.5) is 11.4 Å². The first kappa shape index (κ1) is 23.2. The van der Waals surface area contributed by atoms with Crippen LogP contribution in [0.15, 0.2) is 88.7 Å². The molecule has 3 aromatic rings. The SMILES string of the molecule is O=C1Nc2ccccc2SC1=Cc1ccc(C(=O)NCCN2CCN(c3ccccc3)CC2)cc1. The molecule has 0 radical (unpaired) electrons. The van der Waals surface area contributed by atoms with Gasteiger partial charge in [-0.1, -0.05) is 54.2 Å². The van der Waals surface area contributed by atoms with Gasteiger partial charge in [0.25, 0.3) is 11.8 Å².